The van der Waals surface area contributed by atoms with Gasteiger partial charge in [0.2, 0.25) is 5.56 Å². The Bertz CT molecular complexity index is 1150. The summed E-state index contributed by atoms with van der Waals surface area (Å²) in [7, 11) is 1.51. The van der Waals surface area contributed by atoms with Crippen molar-refractivity contribution in [2.24, 2.45) is 0 Å². The summed E-state index contributed by atoms with van der Waals surface area (Å²) in [5.41, 5.74) is 2.51. The molecule has 3 aromatic heterocycles. The lowest BCUT2D eigenvalue weighted by Gasteiger charge is -2.13. The summed E-state index contributed by atoms with van der Waals surface area (Å²) in [5, 5.41) is 11.3. The first kappa shape index (κ1) is 16.8. The Morgan fingerprint density at radius 2 is 2.11 bits per heavy atom. The van der Waals surface area contributed by atoms with Gasteiger partial charge in [0, 0.05) is 35.5 Å². The zero-order valence-corrected chi connectivity index (χ0v) is 14.4. The molecule has 0 spiro atoms. The second kappa shape index (κ2) is 6.91. The van der Waals surface area contributed by atoms with Crippen molar-refractivity contribution >= 4 is 11.5 Å². The van der Waals surface area contributed by atoms with Crippen molar-refractivity contribution in [1.29, 1.82) is 0 Å². The minimum Gasteiger partial charge on any atom is -0.496 e. The zero-order chi connectivity index (χ0) is 18.8. The van der Waals surface area contributed by atoms with E-state index in [2.05, 4.69) is 20.5 Å². The van der Waals surface area contributed by atoms with Crippen LogP contribution in [-0.4, -0.2) is 26.7 Å². The molecule has 27 heavy (non-hydrogen) atoms. The van der Waals surface area contributed by atoms with Crippen molar-refractivity contribution in [2.45, 2.75) is 6.54 Å². The molecule has 2 N–H and O–H groups in total. The van der Waals surface area contributed by atoms with E-state index in [4.69, 9.17) is 4.74 Å². The number of ether oxygens (including phenoxy) is 1. The van der Waals surface area contributed by atoms with Crippen LogP contribution in [0.15, 0.2) is 59.8 Å². The van der Waals surface area contributed by atoms with Gasteiger partial charge in [0.1, 0.15) is 23.7 Å². The average molecular weight is 365 g/mol. The van der Waals surface area contributed by atoms with Crippen LogP contribution in [0.1, 0.15) is 5.56 Å². The summed E-state index contributed by atoms with van der Waals surface area (Å²) < 4.78 is 21.1. The molecule has 7 nitrogen and oxygen atoms in total. The number of nitrogens with zero attached hydrogens (tertiary/aromatic N) is 3. The number of H-pyrrole nitrogens is 1. The summed E-state index contributed by atoms with van der Waals surface area (Å²) in [4.78, 5) is 13.9. The van der Waals surface area contributed by atoms with Crippen molar-refractivity contribution in [2.75, 3.05) is 12.4 Å². The highest BCUT2D eigenvalue weighted by molar-refractivity contribution is 5.78. The SMILES string of the molecule is COc1cccc(F)c1CNc1ccc(-c2ccc(=O)[nH]c2)c2nncn12. The number of halogens is 1. The van der Waals surface area contributed by atoms with Crippen LogP contribution >= 0.6 is 0 Å². The van der Waals surface area contributed by atoms with E-state index in [1.807, 2.05) is 12.1 Å². The summed E-state index contributed by atoms with van der Waals surface area (Å²) in [6, 6.07) is 11.6. The highest BCUT2D eigenvalue weighted by atomic mass is 19.1. The van der Waals surface area contributed by atoms with E-state index in [1.54, 1.807) is 35.1 Å². The largest absolute Gasteiger partial charge is 0.496 e. The number of aromatic nitrogens is 4. The monoisotopic (exact) mass is 365 g/mol. The van der Waals surface area contributed by atoms with Crippen molar-refractivity contribution in [3.05, 3.63) is 76.7 Å². The molecule has 0 amide bonds. The predicted molar refractivity (Wildman–Crippen MR) is 99.3 cm³/mol. The lowest BCUT2D eigenvalue weighted by atomic mass is 10.1. The van der Waals surface area contributed by atoms with Crippen LogP contribution < -0.4 is 15.6 Å². The van der Waals surface area contributed by atoms with Crippen molar-refractivity contribution in [3.63, 3.8) is 0 Å². The third kappa shape index (κ3) is 3.12. The highest BCUT2D eigenvalue weighted by Gasteiger charge is 2.12. The molecule has 0 atom stereocenters. The van der Waals surface area contributed by atoms with Crippen LogP contribution in [0.2, 0.25) is 0 Å². The number of pyridine rings is 2. The van der Waals surface area contributed by atoms with Gasteiger partial charge >= 0.3 is 0 Å². The minimum absolute atomic E-state index is 0.173. The first-order valence-corrected chi connectivity index (χ1v) is 8.24. The Morgan fingerprint density at radius 1 is 1.22 bits per heavy atom. The first-order chi connectivity index (χ1) is 13.2. The second-order valence-electron chi connectivity index (χ2n) is 5.87. The number of rotatable bonds is 5. The van der Waals surface area contributed by atoms with Crippen molar-refractivity contribution < 1.29 is 9.13 Å². The third-order valence-corrected chi connectivity index (χ3v) is 4.29. The van der Waals surface area contributed by atoms with Crippen LogP contribution in [0, 0.1) is 5.82 Å². The number of anilines is 1. The molecule has 0 aliphatic rings. The summed E-state index contributed by atoms with van der Waals surface area (Å²) in [6.07, 6.45) is 3.20. The summed E-state index contributed by atoms with van der Waals surface area (Å²) in [5.74, 6) is 0.840. The number of hydrogen-bond acceptors (Lipinski definition) is 5. The Hall–Kier alpha value is -3.68. The molecule has 0 bridgehead atoms. The molecular formula is C19H16FN5O2. The predicted octanol–water partition coefficient (Wildman–Crippen LogP) is 2.84. The van der Waals surface area contributed by atoms with Gasteiger partial charge in [0.05, 0.1) is 7.11 Å². The Morgan fingerprint density at radius 3 is 2.89 bits per heavy atom. The van der Waals surface area contributed by atoms with E-state index < -0.39 is 0 Å². The second-order valence-corrected chi connectivity index (χ2v) is 5.87. The van der Waals surface area contributed by atoms with E-state index in [9.17, 15) is 9.18 Å². The average Bonchev–Trinajstić information content (AvgIpc) is 3.17. The Balaban J connectivity index is 1.69. The van der Waals surface area contributed by atoms with Gasteiger partial charge in [-0.25, -0.2) is 4.39 Å². The molecule has 3 heterocycles. The maximum absolute atomic E-state index is 14.1. The van der Waals surface area contributed by atoms with Crippen molar-refractivity contribution in [1.82, 2.24) is 19.6 Å². The third-order valence-electron chi connectivity index (χ3n) is 4.29. The van der Waals surface area contributed by atoms with Crippen LogP contribution in [0.25, 0.3) is 16.8 Å². The first-order valence-electron chi connectivity index (χ1n) is 8.24. The summed E-state index contributed by atoms with van der Waals surface area (Å²) >= 11 is 0. The molecule has 0 unspecified atom stereocenters. The van der Waals surface area contributed by atoms with Crippen LogP contribution in [0.4, 0.5) is 10.2 Å². The van der Waals surface area contributed by atoms with Crippen molar-refractivity contribution in [3.8, 4) is 16.9 Å². The lowest BCUT2D eigenvalue weighted by Crippen LogP contribution is -2.07. The number of nitrogens with one attached hydrogen (secondary N) is 2. The molecule has 0 saturated carbocycles. The number of aromatic amines is 1. The van der Waals surface area contributed by atoms with Gasteiger partial charge in [-0.05, 0) is 30.3 Å². The Labute approximate surface area is 153 Å². The molecule has 0 aliphatic heterocycles. The quantitative estimate of drug-likeness (QED) is 0.568. The number of fused-ring (bicyclic) bond motifs is 1. The fourth-order valence-corrected chi connectivity index (χ4v) is 2.94. The lowest BCUT2D eigenvalue weighted by molar-refractivity contribution is 0.405. The van der Waals surface area contributed by atoms with Gasteiger partial charge in [-0.1, -0.05) is 6.07 Å². The Kier molecular flexibility index (Phi) is 4.29. The summed E-state index contributed by atoms with van der Waals surface area (Å²) in [6.45, 7) is 0.237. The highest BCUT2D eigenvalue weighted by Crippen LogP contribution is 2.26. The molecule has 0 fully saturated rings. The van der Waals surface area contributed by atoms with E-state index >= 15 is 0 Å². The smallest absolute Gasteiger partial charge is 0.247 e. The fourth-order valence-electron chi connectivity index (χ4n) is 2.94. The molecule has 0 aliphatic carbocycles. The number of benzene rings is 1. The molecule has 0 radical (unpaired) electrons. The minimum atomic E-state index is -0.341. The maximum Gasteiger partial charge on any atom is 0.247 e. The topological polar surface area (TPSA) is 84.3 Å². The van der Waals surface area contributed by atoms with Gasteiger partial charge in [-0.2, -0.15) is 0 Å². The maximum atomic E-state index is 14.1. The van der Waals surface area contributed by atoms with E-state index in [0.29, 0.717) is 22.8 Å². The van der Waals surface area contributed by atoms with E-state index in [0.717, 1.165) is 11.1 Å². The molecule has 0 saturated heterocycles. The number of methoxy groups -OCH3 is 1. The standard InChI is InChI=1S/C19H16FN5O2/c1-27-16-4-2-3-15(20)14(16)10-21-17-7-6-13(19-24-23-11-25(17)19)12-5-8-18(26)22-9-12/h2-9,11,21H,10H2,1H3,(H,22,26). The number of hydrogen-bond donors (Lipinski definition) is 2. The van der Waals surface area contributed by atoms with Gasteiger partial charge in [-0.15, -0.1) is 10.2 Å². The zero-order valence-electron chi connectivity index (χ0n) is 14.4. The fraction of sp³-hybridized carbons (Fsp3) is 0.105. The van der Waals surface area contributed by atoms with Crippen LogP contribution in [-0.2, 0) is 6.54 Å². The molecule has 1 aromatic carbocycles. The molecule has 4 aromatic rings. The van der Waals surface area contributed by atoms with E-state index in [-0.39, 0.29) is 17.9 Å². The van der Waals surface area contributed by atoms with Crippen LogP contribution in [0.3, 0.4) is 0 Å². The molecule has 136 valence electrons. The van der Waals surface area contributed by atoms with Gasteiger partial charge in [0.25, 0.3) is 0 Å². The van der Waals surface area contributed by atoms with Gasteiger partial charge in [-0.3, -0.25) is 9.20 Å². The molecular weight excluding hydrogens is 349 g/mol. The molecule has 4 rings (SSSR count). The van der Waals surface area contributed by atoms with E-state index in [1.165, 1.54) is 19.2 Å². The van der Waals surface area contributed by atoms with Gasteiger partial charge < -0.3 is 15.0 Å². The van der Waals surface area contributed by atoms with Crippen LogP contribution in [0.5, 0.6) is 5.75 Å². The normalized spacial score (nSPS) is 10.9. The van der Waals surface area contributed by atoms with Gasteiger partial charge in [0.15, 0.2) is 5.65 Å². The molecule has 8 heteroatoms.